The summed E-state index contributed by atoms with van der Waals surface area (Å²) in [5, 5.41) is 0. The minimum absolute atomic E-state index is 0.701. The second-order valence-corrected chi connectivity index (χ2v) is 4.88. The Bertz CT molecular complexity index is 599. The van der Waals surface area contributed by atoms with Crippen LogP contribution < -0.4 is 10.5 Å². The first-order chi connectivity index (χ1) is 9.29. The predicted molar refractivity (Wildman–Crippen MR) is 81.5 cm³/mol. The summed E-state index contributed by atoms with van der Waals surface area (Å²) in [6.07, 6.45) is 0. The van der Waals surface area contributed by atoms with E-state index in [-0.39, 0.29) is 0 Å². The number of nitrogens with two attached hydrogens (primary N) is 1. The number of ether oxygens (including phenoxy) is 1. The Kier molecular flexibility index (Phi) is 4.77. The molecule has 96 valence electrons. The van der Waals surface area contributed by atoms with Crippen molar-refractivity contribution in [3.63, 3.8) is 0 Å². The number of thioether (sulfide) groups is 1. The monoisotopic (exact) mass is 269 g/mol. The van der Waals surface area contributed by atoms with Crippen LogP contribution in [0.5, 0.6) is 5.75 Å². The molecule has 0 saturated carbocycles. The van der Waals surface area contributed by atoms with Crippen molar-refractivity contribution in [2.24, 2.45) is 0 Å². The van der Waals surface area contributed by atoms with Gasteiger partial charge in [0.25, 0.3) is 0 Å². The van der Waals surface area contributed by atoms with Gasteiger partial charge in [0.15, 0.2) is 0 Å². The second-order valence-electron chi connectivity index (χ2n) is 3.86. The lowest BCUT2D eigenvalue weighted by Crippen LogP contribution is -1.90. The van der Waals surface area contributed by atoms with Crippen molar-refractivity contribution >= 4 is 17.4 Å². The van der Waals surface area contributed by atoms with Gasteiger partial charge in [0.05, 0.1) is 12.9 Å². The van der Waals surface area contributed by atoms with Crippen LogP contribution in [-0.2, 0) is 0 Å². The Hall–Kier alpha value is -2.05. The van der Waals surface area contributed by atoms with E-state index in [0.29, 0.717) is 5.75 Å². The maximum atomic E-state index is 5.91. The smallest absolute Gasteiger partial charge is 0.120 e. The maximum Gasteiger partial charge on any atom is 0.120 e. The largest absolute Gasteiger partial charge is 0.497 e. The van der Waals surface area contributed by atoms with Gasteiger partial charge < -0.3 is 10.5 Å². The third-order valence-electron chi connectivity index (χ3n) is 2.53. The van der Waals surface area contributed by atoms with Crippen LogP contribution in [0, 0.1) is 11.8 Å². The van der Waals surface area contributed by atoms with Crippen LogP contribution in [-0.4, -0.2) is 12.9 Å². The first-order valence-electron chi connectivity index (χ1n) is 5.90. The van der Waals surface area contributed by atoms with Crippen LogP contribution in [0.3, 0.4) is 0 Å². The fourth-order valence-electron chi connectivity index (χ4n) is 1.54. The average Bonchev–Trinajstić information content (AvgIpc) is 2.46. The molecule has 0 fully saturated rings. The van der Waals surface area contributed by atoms with E-state index in [9.17, 15) is 0 Å². The molecule has 0 unspecified atom stereocenters. The molecule has 2 aromatic rings. The molecule has 0 spiro atoms. The molecule has 2 N–H and O–H groups in total. The van der Waals surface area contributed by atoms with Gasteiger partial charge in [0, 0.05) is 16.1 Å². The number of methoxy groups -OCH3 is 1. The molecular weight excluding hydrogens is 254 g/mol. The highest BCUT2D eigenvalue weighted by Crippen LogP contribution is 2.28. The molecule has 0 bridgehead atoms. The van der Waals surface area contributed by atoms with Gasteiger partial charge in [0.1, 0.15) is 5.75 Å². The van der Waals surface area contributed by atoms with Gasteiger partial charge in [-0.15, -0.1) is 11.8 Å². The first kappa shape index (κ1) is 13.4. The SMILES string of the molecule is COc1ccc(N)c(SCC#Cc2ccccc2)c1. The zero-order valence-electron chi connectivity index (χ0n) is 10.7. The number of anilines is 1. The van der Waals surface area contributed by atoms with E-state index < -0.39 is 0 Å². The van der Waals surface area contributed by atoms with Gasteiger partial charge in [0.2, 0.25) is 0 Å². The molecule has 0 saturated heterocycles. The molecule has 3 heteroatoms. The molecule has 0 aliphatic rings. The van der Waals surface area contributed by atoms with Crippen molar-refractivity contribution in [1.29, 1.82) is 0 Å². The lowest BCUT2D eigenvalue weighted by Gasteiger charge is -2.05. The van der Waals surface area contributed by atoms with Crippen LogP contribution in [0.15, 0.2) is 53.4 Å². The molecule has 2 aromatic carbocycles. The van der Waals surface area contributed by atoms with Crippen molar-refractivity contribution in [2.45, 2.75) is 4.90 Å². The summed E-state index contributed by atoms with van der Waals surface area (Å²) >= 11 is 1.62. The fourth-order valence-corrected chi connectivity index (χ4v) is 2.27. The second kappa shape index (κ2) is 6.77. The third kappa shape index (κ3) is 3.97. The molecule has 0 aliphatic carbocycles. The van der Waals surface area contributed by atoms with E-state index in [2.05, 4.69) is 11.8 Å². The van der Waals surface area contributed by atoms with Crippen LogP contribution in [0.2, 0.25) is 0 Å². The zero-order chi connectivity index (χ0) is 13.5. The maximum absolute atomic E-state index is 5.91. The molecule has 2 nitrogen and oxygen atoms in total. The van der Waals surface area contributed by atoms with Gasteiger partial charge in [-0.05, 0) is 30.3 Å². The fraction of sp³-hybridized carbons (Fsp3) is 0.125. The summed E-state index contributed by atoms with van der Waals surface area (Å²) in [4.78, 5) is 1.00. The highest BCUT2D eigenvalue weighted by atomic mass is 32.2. The van der Waals surface area contributed by atoms with E-state index in [1.54, 1.807) is 18.9 Å². The predicted octanol–water partition coefficient (Wildman–Crippen LogP) is 3.42. The van der Waals surface area contributed by atoms with E-state index in [4.69, 9.17) is 10.5 Å². The average molecular weight is 269 g/mol. The minimum atomic E-state index is 0.701. The zero-order valence-corrected chi connectivity index (χ0v) is 11.5. The topological polar surface area (TPSA) is 35.2 Å². The van der Waals surface area contributed by atoms with Gasteiger partial charge in [-0.1, -0.05) is 30.0 Å². The van der Waals surface area contributed by atoms with Crippen molar-refractivity contribution in [3.05, 3.63) is 54.1 Å². The highest BCUT2D eigenvalue weighted by Gasteiger charge is 2.01. The number of hydrogen-bond donors (Lipinski definition) is 1. The quantitative estimate of drug-likeness (QED) is 0.527. The number of hydrogen-bond acceptors (Lipinski definition) is 3. The van der Waals surface area contributed by atoms with Gasteiger partial charge in [-0.3, -0.25) is 0 Å². The Morgan fingerprint density at radius 3 is 2.68 bits per heavy atom. The normalized spacial score (nSPS) is 9.53. The van der Waals surface area contributed by atoms with Crippen LogP contribution in [0.4, 0.5) is 5.69 Å². The molecule has 0 heterocycles. The van der Waals surface area contributed by atoms with Gasteiger partial charge >= 0.3 is 0 Å². The standard InChI is InChI=1S/C16H15NOS/c1-18-14-9-10-15(17)16(12-14)19-11-5-8-13-6-3-2-4-7-13/h2-4,6-7,9-10,12H,11,17H2,1H3. The Morgan fingerprint density at radius 1 is 1.16 bits per heavy atom. The molecule has 0 radical (unpaired) electrons. The molecule has 19 heavy (non-hydrogen) atoms. The minimum Gasteiger partial charge on any atom is -0.497 e. The van der Waals surface area contributed by atoms with E-state index in [0.717, 1.165) is 21.9 Å². The number of rotatable bonds is 3. The third-order valence-corrected chi connectivity index (χ3v) is 3.48. The van der Waals surface area contributed by atoms with E-state index >= 15 is 0 Å². The molecule has 0 aliphatic heterocycles. The van der Waals surface area contributed by atoms with Crippen molar-refractivity contribution in [2.75, 3.05) is 18.6 Å². The lowest BCUT2D eigenvalue weighted by molar-refractivity contribution is 0.414. The van der Waals surface area contributed by atoms with Crippen LogP contribution >= 0.6 is 11.8 Å². The lowest BCUT2D eigenvalue weighted by atomic mass is 10.2. The Labute approximate surface area is 118 Å². The number of benzene rings is 2. The summed E-state index contributed by atoms with van der Waals surface area (Å²) in [6, 6.07) is 15.6. The molecule has 2 rings (SSSR count). The summed E-state index contributed by atoms with van der Waals surface area (Å²) in [6.45, 7) is 0. The molecule has 0 aromatic heterocycles. The van der Waals surface area contributed by atoms with Crippen molar-refractivity contribution in [3.8, 4) is 17.6 Å². The molecular formula is C16H15NOS. The van der Waals surface area contributed by atoms with Crippen molar-refractivity contribution in [1.82, 2.24) is 0 Å². The van der Waals surface area contributed by atoms with E-state index in [1.807, 2.05) is 48.5 Å². The highest BCUT2D eigenvalue weighted by molar-refractivity contribution is 7.99. The number of nitrogen functional groups attached to an aromatic ring is 1. The Balaban J connectivity index is 1.98. The van der Waals surface area contributed by atoms with Crippen LogP contribution in [0.1, 0.15) is 5.56 Å². The Morgan fingerprint density at radius 2 is 1.95 bits per heavy atom. The van der Waals surface area contributed by atoms with Gasteiger partial charge in [-0.25, -0.2) is 0 Å². The van der Waals surface area contributed by atoms with Crippen molar-refractivity contribution < 1.29 is 4.74 Å². The van der Waals surface area contributed by atoms with Gasteiger partial charge in [-0.2, -0.15) is 0 Å². The molecule has 0 amide bonds. The molecule has 0 atom stereocenters. The summed E-state index contributed by atoms with van der Waals surface area (Å²) in [5.41, 5.74) is 7.70. The summed E-state index contributed by atoms with van der Waals surface area (Å²) < 4.78 is 5.18. The van der Waals surface area contributed by atoms with E-state index in [1.165, 1.54) is 0 Å². The van der Waals surface area contributed by atoms with Crippen LogP contribution in [0.25, 0.3) is 0 Å². The first-order valence-corrected chi connectivity index (χ1v) is 6.88. The summed E-state index contributed by atoms with van der Waals surface area (Å²) in [5.74, 6) is 7.76. The summed E-state index contributed by atoms with van der Waals surface area (Å²) in [7, 11) is 1.65.